The Balaban J connectivity index is 0.000000104. The van der Waals surface area contributed by atoms with Crippen LogP contribution in [0.3, 0.4) is 0 Å². The molecule has 0 aromatic carbocycles. The fourth-order valence-corrected chi connectivity index (χ4v) is 20.3. The molecule has 110 heavy (non-hydrogen) atoms. The lowest BCUT2D eigenvalue weighted by Gasteiger charge is -2.41. The molecule has 40 heteroatoms. The minimum absolute atomic E-state index is 0.123. The van der Waals surface area contributed by atoms with E-state index in [1.165, 1.54) is 0 Å². The highest BCUT2D eigenvalue weighted by Gasteiger charge is 2.53. The van der Waals surface area contributed by atoms with Crippen molar-refractivity contribution in [1.82, 2.24) is 97.9 Å². The van der Waals surface area contributed by atoms with E-state index in [4.69, 9.17) is 52.4 Å². The molecule has 0 radical (unpaired) electrons. The molecular formula is C70H95Br3I2N30O5. The van der Waals surface area contributed by atoms with E-state index in [-0.39, 0.29) is 87.8 Å². The number of aromatic nitrogens is 20. The summed E-state index contributed by atoms with van der Waals surface area (Å²) in [5, 5.41) is 40.7. The molecule has 35 nitrogen and oxygen atoms in total. The third-order valence-electron chi connectivity index (χ3n) is 25.8. The molecule has 590 valence electrons. The second-order valence-corrected chi connectivity index (χ2v) is 36.5. The molecule has 0 bridgehead atoms. The van der Waals surface area contributed by atoms with E-state index in [1.807, 2.05) is 34.4 Å². The number of hydrogen-bond donors (Lipinski definition) is 5. The number of nitrogens with zero attached hydrogens (tertiary/aromatic N) is 25. The minimum atomic E-state index is 0.123. The van der Waals surface area contributed by atoms with Crippen LogP contribution in [-0.4, -0.2) is 257 Å². The number of ether oxygens (including phenoxy) is 5. The topological polar surface area (TPSA) is 408 Å². The van der Waals surface area contributed by atoms with Crippen molar-refractivity contribution in [2.24, 2.45) is 55.7 Å². The summed E-state index contributed by atoms with van der Waals surface area (Å²) in [5.41, 5.74) is 36.6. The van der Waals surface area contributed by atoms with Gasteiger partial charge in [-0.05, 0) is 192 Å². The van der Waals surface area contributed by atoms with Crippen molar-refractivity contribution in [3.05, 3.63) is 83.2 Å². The highest BCUT2D eigenvalue weighted by atomic mass is 127. The average molecular weight is 1930 g/mol. The molecule has 0 saturated carbocycles. The summed E-state index contributed by atoms with van der Waals surface area (Å²) in [7, 11) is 0. The molecule has 0 amide bonds. The molecule has 20 rings (SSSR count). The van der Waals surface area contributed by atoms with Crippen molar-refractivity contribution in [2.75, 3.05) is 123 Å². The lowest BCUT2D eigenvalue weighted by Crippen LogP contribution is -2.51. The van der Waals surface area contributed by atoms with Crippen LogP contribution in [0.25, 0.3) is 28.2 Å². The Morgan fingerprint density at radius 2 is 0.491 bits per heavy atom. The predicted octanol–water partition coefficient (Wildman–Crippen LogP) is 5.78. The Hall–Kier alpha value is -5.75. The first-order valence-electron chi connectivity index (χ1n) is 37.9. The van der Waals surface area contributed by atoms with Gasteiger partial charge in [0.25, 0.3) is 0 Å². The maximum absolute atomic E-state index is 6.38. The van der Waals surface area contributed by atoms with Crippen molar-refractivity contribution in [3.63, 3.8) is 0 Å². The average Bonchev–Trinajstić information content (AvgIpc) is 1.51. The summed E-state index contributed by atoms with van der Waals surface area (Å²) in [6.45, 7) is 23.5. The first-order valence-corrected chi connectivity index (χ1v) is 42.4. The molecule has 0 aliphatic carbocycles. The van der Waals surface area contributed by atoms with Gasteiger partial charge in [0.05, 0.1) is 84.1 Å². The monoisotopic (exact) mass is 1930 g/mol. The summed E-state index contributed by atoms with van der Waals surface area (Å²) < 4.78 is 43.2. The van der Waals surface area contributed by atoms with E-state index < -0.39 is 0 Å². The summed E-state index contributed by atoms with van der Waals surface area (Å²) in [5.74, 6) is 4.49. The summed E-state index contributed by atoms with van der Waals surface area (Å²) in [6, 6.07) is 0.649. The van der Waals surface area contributed by atoms with E-state index >= 15 is 0 Å². The maximum Gasteiger partial charge on any atom is 0.212 e. The molecule has 10 atom stereocenters. The van der Waals surface area contributed by atoms with E-state index in [0.29, 0.717) is 0 Å². The van der Waals surface area contributed by atoms with E-state index in [9.17, 15) is 0 Å². The van der Waals surface area contributed by atoms with Gasteiger partial charge in [-0.1, -0.05) is 0 Å². The Kier molecular flexibility index (Phi) is 22.6. The number of piperidine rings is 5. The van der Waals surface area contributed by atoms with Crippen LogP contribution in [-0.2, 0) is 23.7 Å². The Labute approximate surface area is 688 Å². The highest BCUT2D eigenvalue weighted by Crippen LogP contribution is 2.47. The molecular weight excluding hydrogens is 1830 g/mol. The molecule has 20 heterocycles. The van der Waals surface area contributed by atoms with E-state index in [1.54, 1.807) is 50.2 Å². The second kappa shape index (κ2) is 31.8. The number of fused-ring (bicyclic) bond motifs is 5. The van der Waals surface area contributed by atoms with Gasteiger partial charge in [-0.15, -0.1) is 51.0 Å². The van der Waals surface area contributed by atoms with Gasteiger partial charge in [0.15, 0.2) is 28.2 Å². The summed E-state index contributed by atoms with van der Waals surface area (Å²) >= 11 is 14.9. The molecule has 10 fully saturated rings. The van der Waals surface area contributed by atoms with Gasteiger partial charge in [-0.2, -0.15) is 0 Å². The molecule has 10 aromatic rings. The van der Waals surface area contributed by atoms with Crippen molar-refractivity contribution in [3.8, 4) is 0 Å². The fourth-order valence-electron chi connectivity index (χ4n) is 18.2. The normalized spacial score (nSPS) is 27.9. The van der Waals surface area contributed by atoms with Crippen LogP contribution >= 0.6 is 93.0 Å². The first kappa shape index (κ1) is 78.2. The molecule has 10 N–H and O–H groups in total. The van der Waals surface area contributed by atoms with Gasteiger partial charge in [0.1, 0.15) is 31.6 Å². The largest absolute Gasteiger partial charge is 0.376 e. The van der Waals surface area contributed by atoms with Gasteiger partial charge in [0, 0.05) is 154 Å². The quantitative estimate of drug-likeness (QED) is 0.127. The van der Waals surface area contributed by atoms with Crippen LogP contribution in [0, 0.1) is 34.2 Å². The van der Waals surface area contributed by atoms with Crippen molar-refractivity contribution in [1.29, 1.82) is 0 Å². The maximum atomic E-state index is 6.38. The summed E-state index contributed by atoms with van der Waals surface area (Å²) in [4.78, 5) is 34.3. The predicted molar refractivity (Wildman–Crippen MR) is 439 cm³/mol. The standard InChI is InChI=1S/3C14H19BrN6O.2C14H19IN6O/c5*1-9-11(16)14(7-22-9)2-4-20(5-3-14)13-17-6-10(15)12-19-18-8-21(12)13/h5*6,8-9,11H,2-5,7,16H2,1H3/t2*9-,11+;9-,11-;9-,11+;9-,11-/m00101/s1. The Morgan fingerprint density at radius 1 is 0.309 bits per heavy atom. The highest BCUT2D eigenvalue weighted by molar-refractivity contribution is 14.1. The second-order valence-electron chi connectivity index (χ2n) is 31.6. The molecule has 10 saturated heterocycles. The van der Waals surface area contributed by atoms with E-state index in [0.717, 1.165) is 241 Å². The molecule has 10 aliphatic heterocycles. The van der Waals surface area contributed by atoms with Crippen molar-refractivity contribution < 1.29 is 23.7 Å². The van der Waals surface area contributed by atoms with Crippen LogP contribution in [0.15, 0.2) is 76.0 Å². The van der Waals surface area contributed by atoms with Gasteiger partial charge in [-0.25, -0.2) is 38.1 Å². The van der Waals surface area contributed by atoms with Crippen LogP contribution in [0.2, 0.25) is 0 Å². The van der Waals surface area contributed by atoms with Gasteiger partial charge in [0.2, 0.25) is 29.7 Å². The third-order valence-corrected chi connectivity index (χ3v) is 29.0. The zero-order chi connectivity index (χ0) is 76.6. The first-order chi connectivity index (χ1) is 53.0. The van der Waals surface area contributed by atoms with Gasteiger partial charge in [-0.3, -0.25) is 8.80 Å². The SMILES string of the molecule is C[C@@H]1OCC2(CCN(c3ncc(Br)c4nncn34)CC2)[C@@H]1N.C[C@@H]1OCC2(CCN(c3ncc(Br)c4nncn34)CC2)[C@@H]1N.C[C@@H]1OCC2(CCN(c3ncc(I)c4nncn34)CC2)[C@@H]1N.C[C@H]1OCC2(CCN(c3ncc(Br)c4nncn34)CC2)[C@@H]1N.C[C@H]1OCC2(CCN(c3ncc(I)c4nncn34)CC2)[C@@H]1N. The van der Waals surface area contributed by atoms with Crippen molar-refractivity contribution >= 4 is 151 Å². The number of anilines is 5. The Morgan fingerprint density at radius 3 is 0.682 bits per heavy atom. The summed E-state index contributed by atoms with van der Waals surface area (Å²) in [6.07, 6.45) is 28.8. The van der Waals surface area contributed by atoms with Crippen LogP contribution < -0.4 is 53.2 Å². The smallest absolute Gasteiger partial charge is 0.212 e. The van der Waals surface area contributed by atoms with Gasteiger partial charge < -0.3 is 76.9 Å². The molecule has 5 spiro atoms. The van der Waals surface area contributed by atoms with Crippen LogP contribution in [0.1, 0.15) is 98.8 Å². The zero-order valence-corrected chi connectivity index (χ0v) is 71.3. The molecule has 0 unspecified atom stereocenters. The molecule has 10 aromatic heterocycles. The number of hydrogen-bond acceptors (Lipinski definition) is 30. The van der Waals surface area contributed by atoms with Crippen LogP contribution in [0.4, 0.5) is 29.7 Å². The zero-order valence-electron chi connectivity index (χ0n) is 62.2. The minimum Gasteiger partial charge on any atom is -0.376 e. The van der Waals surface area contributed by atoms with Crippen molar-refractivity contribution in [2.45, 2.75) is 160 Å². The van der Waals surface area contributed by atoms with Gasteiger partial charge >= 0.3 is 0 Å². The van der Waals surface area contributed by atoms with E-state index in [2.05, 4.69) is 228 Å². The third kappa shape index (κ3) is 14.5. The number of halogens is 5. The fraction of sp³-hybridized carbons (Fsp3) is 0.643. The lowest BCUT2D eigenvalue weighted by molar-refractivity contribution is 0.0972. The number of rotatable bonds is 5. The number of nitrogens with two attached hydrogens (primary N) is 5. The van der Waals surface area contributed by atoms with Crippen LogP contribution in [0.5, 0.6) is 0 Å². The Bertz CT molecular complexity index is 4180. The molecule has 10 aliphatic rings. The lowest BCUT2D eigenvalue weighted by atomic mass is 9.73.